The van der Waals surface area contributed by atoms with Crippen LogP contribution in [0.5, 0.6) is 5.75 Å². The lowest BCUT2D eigenvalue weighted by atomic mass is 10.1. The molecule has 5 nitrogen and oxygen atoms in total. The highest BCUT2D eigenvalue weighted by molar-refractivity contribution is 5.72. The lowest BCUT2D eigenvalue weighted by Gasteiger charge is -2.09. The standard InChI is InChI=1S/C20H25F5O5/c1-2-3-4-5-6-7-8-13(26)29-12-11-28-10-9-14(27)30-20-18(24)16(22)15(21)17(23)19(20)25/h2-12H2,1H3. The number of hydrogen-bond donors (Lipinski definition) is 0. The minimum atomic E-state index is -2.35. The topological polar surface area (TPSA) is 61.8 Å². The highest BCUT2D eigenvalue weighted by Crippen LogP contribution is 2.29. The minimum absolute atomic E-state index is 0.0297. The fourth-order valence-corrected chi connectivity index (χ4v) is 2.43. The van der Waals surface area contributed by atoms with E-state index in [0.717, 1.165) is 32.1 Å². The molecule has 1 rings (SSSR count). The number of halogens is 5. The summed E-state index contributed by atoms with van der Waals surface area (Å²) in [5, 5.41) is 0. The number of benzene rings is 1. The number of carbonyl (C=O) groups excluding carboxylic acids is 2. The van der Waals surface area contributed by atoms with E-state index in [1.54, 1.807) is 0 Å². The van der Waals surface area contributed by atoms with Gasteiger partial charge >= 0.3 is 11.9 Å². The van der Waals surface area contributed by atoms with Gasteiger partial charge in [-0.2, -0.15) is 8.78 Å². The van der Waals surface area contributed by atoms with Crippen LogP contribution in [0.2, 0.25) is 0 Å². The number of hydrogen-bond acceptors (Lipinski definition) is 5. The van der Waals surface area contributed by atoms with Crippen molar-refractivity contribution in [2.75, 3.05) is 19.8 Å². The van der Waals surface area contributed by atoms with E-state index in [-0.39, 0.29) is 25.8 Å². The van der Waals surface area contributed by atoms with Gasteiger partial charge in [0, 0.05) is 6.42 Å². The third-order valence-electron chi connectivity index (χ3n) is 4.06. The molecule has 170 valence electrons. The highest BCUT2D eigenvalue weighted by Gasteiger charge is 2.28. The first-order valence-electron chi connectivity index (χ1n) is 9.75. The summed E-state index contributed by atoms with van der Waals surface area (Å²) in [4.78, 5) is 23.0. The molecule has 0 fully saturated rings. The van der Waals surface area contributed by atoms with Gasteiger partial charge in [-0.1, -0.05) is 39.0 Å². The second-order valence-corrected chi connectivity index (χ2v) is 6.47. The molecule has 0 aliphatic heterocycles. The Morgan fingerprint density at radius 2 is 1.23 bits per heavy atom. The molecule has 30 heavy (non-hydrogen) atoms. The molecule has 0 atom stereocenters. The van der Waals surface area contributed by atoms with E-state index in [2.05, 4.69) is 11.7 Å². The van der Waals surface area contributed by atoms with Crippen LogP contribution < -0.4 is 4.74 Å². The molecular weight excluding hydrogens is 415 g/mol. The zero-order valence-electron chi connectivity index (χ0n) is 16.7. The Morgan fingerprint density at radius 1 is 0.667 bits per heavy atom. The first-order chi connectivity index (χ1) is 14.3. The predicted molar refractivity (Wildman–Crippen MR) is 96.3 cm³/mol. The Bertz CT molecular complexity index is 682. The Labute approximate surface area is 171 Å². The molecule has 0 heterocycles. The molecule has 0 aliphatic rings. The summed E-state index contributed by atoms with van der Waals surface area (Å²) < 4.78 is 80.0. The van der Waals surface area contributed by atoms with Gasteiger partial charge in [0.15, 0.2) is 0 Å². The van der Waals surface area contributed by atoms with Crippen LogP contribution in [0, 0.1) is 29.1 Å². The van der Waals surface area contributed by atoms with Gasteiger partial charge in [0.1, 0.15) is 6.61 Å². The van der Waals surface area contributed by atoms with Crippen molar-refractivity contribution in [1.29, 1.82) is 0 Å². The number of esters is 2. The molecule has 1 aromatic rings. The smallest absolute Gasteiger partial charge is 0.313 e. The molecule has 0 N–H and O–H groups in total. The fourth-order valence-electron chi connectivity index (χ4n) is 2.43. The van der Waals surface area contributed by atoms with Gasteiger partial charge in [-0.25, -0.2) is 13.2 Å². The quantitative estimate of drug-likeness (QED) is 0.102. The maximum atomic E-state index is 13.4. The van der Waals surface area contributed by atoms with Crippen LogP contribution >= 0.6 is 0 Å². The fraction of sp³-hybridized carbons (Fsp3) is 0.600. The average molecular weight is 440 g/mol. The lowest BCUT2D eigenvalue weighted by molar-refractivity contribution is -0.146. The van der Waals surface area contributed by atoms with Crippen LogP contribution in [0.15, 0.2) is 0 Å². The van der Waals surface area contributed by atoms with E-state index >= 15 is 0 Å². The normalized spacial score (nSPS) is 10.9. The summed E-state index contributed by atoms with van der Waals surface area (Å²) in [5.41, 5.74) is 0. The van der Waals surface area contributed by atoms with Crippen molar-refractivity contribution in [1.82, 2.24) is 0 Å². The third-order valence-corrected chi connectivity index (χ3v) is 4.06. The number of ether oxygens (including phenoxy) is 3. The molecule has 0 saturated heterocycles. The van der Waals surface area contributed by atoms with Crippen LogP contribution in [0.1, 0.15) is 58.3 Å². The SMILES string of the molecule is CCCCCCCCC(=O)OCCOCCC(=O)Oc1c(F)c(F)c(F)c(F)c1F. The molecule has 1 aromatic carbocycles. The summed E-state index contributed by atoms with van der Waals surface area (Å²) in [6.07, 6.45) is 6.04. The third kappa shape index (κ3) is 8.64. The van der Waals surface area contributed by atoms with E-state index in [0.29, 0.717) is 6.42 Å². The Morgan fingerprint density at radius 3 is 1.87 bits per heavy atom. The van der Waals surface area contributed by atoms with Gasteiger partial charge in [0.05, 0.1) is 19.6 Å². The minimum Gasteiger partial charge on any atom is -0.463 e. The van der Waals surface area contributed by atoms with Crippen LogP contribution in [0.25, 0.3) is 0 Å². The Balaban J connectivity index is 2.19. The molecule has 0 radical (unpaired) electrons. The zero-order chi connectivity index (χ0) is 22.5. The predicted octanol–water partition coefficient (Wildman–Crippen LogP) is 4.99. The molecule has 0 bridgehead atoms. The molecule has 0 spiro atoms. The second-order valence-electron chi connectivity index (χ2n) is 6.47. The van der Waals surface area contributed by atoms with Crippen LogP contribution in [0.3, 0.4) is 0 Å². The summed E-state index contributed by atoms with van der Waals surface area (Å²) in [5.74, 6) is -14.5. The van der Waals surface area contributed by atoms with Gasteiger partial charge < -0.3 is 14.2 Å². The van der Waals surface area contributed by atoms with Gasteiger partial charge in [-0.3, -0.25) is 9.59 Å². The van der Waals surface area contributed by atoms with Crippen LogP contribution in [-0.4, -0.2) is 31.8 Å². The van der Waals surface area contributed by atoms with E-state index in [1.807, 2.05) is 0 Å². The van der Waals surface area contributed by atoms with Crippen molar-refractivity contribution in [3.63, 3.8) is 0 Å². The van der Waals surface area contributed by atoms with Crippen LogP contribution in [-0.2, 0) is 19.1 Å². The maximum Gasteiger partial charge on any atom is 0.313 e. The van der Waals surface area contributed by atoms with Crippen molar-refractivity contribution < 1.29 is 45.8 Å². The zero-order valence-corrected chi connectivity index (χ0v) is 16.7. The van der Waals surface area contributed by atoms with Gasteiger partial charge in [-0.05, 0) is 6.42 Å². The van der Waals surface area contributed by atoms with Crippen molar-refractivity contribution in [3.05, 3.63) is 29.1 Å². The molecule has 0 saturated carbocycles. The molecule has 0 aliphatic carbocycles. The van der Waals surface area contributed by atoms with E-state index in [1.165, 1.54) is 6.42 Å². The number of carbonyl (C=O) groups is 2. The Hall–Kier alpha value is -2.23. The summed E-state index contributed by atoms with van der Waals surface area (Å²) >= 11 is 0. The van der Waals surface area contributed by atoms with Crippen molar-refractivity contribution in [3.8, 4) is 5.75 Å². The van der Waals surface area contributed by atoms with Crippen molar-refractivity contribution >= 4 is 11.9 Å². The van der Waals surface area contributed by atoms with Crippen molar-refractivity contribution in [2.45, 2.75) is 58.3 Å². The number of unbranched alkanes of at least 4 members (excludes halogenated alkanes) is 5. The Kier molecular flexibility index (Phi) is 12.0. The first kappa shape index (κ1) is 25.8. The molecular formula is C20H25F5O5. The van der Waals surface area contributed by atoms with E-state index in [9.17, 15) is 31.5 Å². The van der Waals surface area contributed by atoms with Gasteiger partial charge in [-0.15, -0.1) is 0 Å². The molecule has 10 heteroatoms. The van der Waals surface area contributed by atoms with Gasteiger partial charge in [0.2, 0.25) is 34.8 Å². The molecule has 0 amide bonds. The van der Waals surface area contributed by atoms with Crippen molar-refractivity contribution in [2.24, 2.45) is 0 Å². The second kappa shape index (κ2) is 13.9. The largest absolute Gasteiger partial charge is 0.463 e. The highest BCUT2D eigenvalue weighted by atomic mass is 19.2. The summed E-state index contributed by atoms with van der Waals surface area (Å²) in [7, 11) is 0. The van der Waals surface area contributed by atoms with E-state index in [4.69, 9.17) is 9.47 Å². The maximum absolute atomic E-state index is 13.4. The lowest BCUT2D eigenvalue weighted by Crippen LogP contribution is -2.16. The van der Waals surface area contributed by atoms with Gasteiger partial charge in [0.25, 0.3) is 0 Å². The number of rotatable bonds is 14. The summed E-state index contributed by atoms with van der Waals surface area (Å²) in [6.45, 7) is 1.79. The monoisotopic (exact) mass is 440 g/mol. The van der Waals surface area contributed by atoms with Crippen LogP contribution in [0.4, 0.5) is 22.0 Å². The molecule has 0 unspecified atom stereocenters. The van der Waals surface area contributed by atoms with E-state index < -0.39 is 47.2 Å². The first-order valence-corrected chi connectivity index (χ1v) is 9.75. The average Bonchev–Trinajstić information content (AvgIpc) is 2.73. The summed E-state index contributed by atoms with van der Waals surface area (Å²) in [6, 6.07) is 0. The molecule has 0 aromatic heterocycles.